The van der Waals surface area contributed by atoms with Crippen LogP contribution in [0.2, 0.25) is 0 Å². The Bertz CT molecular complexity index is 1490. The van der Waals surface area contributed by atoms with E-state index in [1.165, 1.54) is 17.7 Å². The van der Waals surface area contributed by atoms with Crippen molar-refractivity contribution in [1.29, 1.82) is 0 Å². The molecule has 9 heteroatoms. The molecule has 2 aromatic heterocycles. The minimum absolute atomic E-state index is 0.226. The Morgan fingerprint density at radius 2 is 1.92 bits per heavy atom. The lowest BCUT2D eigenvalue weighted by molar-refractivity contribution is -0.105. The quantitative estimate of drug-likeness (QED) is 0.169. The highest BCUT2D eigenvalue weighted by atomic mass is 19.1. The second-order valence-electron chi connectivity index (χ2n) is 9.42. The number of hydrogen-bond acceptors (Lipinski definition) is 4. The van der Waals surface area contributed by atoms with Gasteiger partial charge in [0, 0.05) is 61.3 Å². The molecule has 4 aromatic rings. The molecule has 0 atom stereocenters. The summed E-state index contributed by atoms with van der Waals surface area (Å²) >= 11 is 0. The number of benzene rings is 2. The molecule has 2 N–H and O–H groups in total. The number of piperazine rings is 1. The minimum Gasteiger partial charge on any atom is -0.361 e. The summed E-state index contributed by atoms with van der Waals surface area (Å²) in [6.45, 7) is 11.5. The molecule has 38 heavy (non-hydrogen) atoms. The first-order chi connectivity index (χ1) is 18.6. The molecule has 0 radical (unpaired) electrons. The molecule has 194 valence electrons. The Balaban J connectivity index is 1.16. The van der Waals surface area contributed by atoms with Crippen LogP contribution in [-0.2, 0) is 11.2 Å². The molecule has 0 saturated carbocycles. The van der Waals surface area contributed by atoms with Gasteiger partial charge in [-0.2, -0.15) is 0 Å². The Morgan fingerprint density at radius 3 is 2.68 bits per heavy atom. The monoisotopic (exact) mass is 514 g/mol. The number of nitrogens with one attached hydrogen (secondary N) is 2. The lowest BCUT2D eigenvalue weighted by atomic mass is 10.1. The molecule has 1 fully saturated rings. The molecule has 0 bridgehead atoms. The van der Waals surface area contributed by atoms with Gasteiger partial charge in [-0.15, -0.1) is 0 Å². The number of aromatic nitrogens is 2. The van der Waals surface area contributed by atoms with Crippen LogP contribution in [0.4, 0.5) is 26.0 Å². The predicted octanol–water partition coefficient (Wildman–Crippen LogP) is 5.77. The largest absolute Gasteiger partial charge is 0.361 e. The number of halogens is 2. The molecule has 1 aliphatic heterocycles. The molecule has 0 spiro atoms. The highest BCUT2D eigenvalue weighted by Crippen LogP contribution is 2.31. The topological polar surface area (TPSA) is 68.6 Å². The van der Waals surface area contributed by atoms with E-state index in [0.29, 0.717) is 29.2 Å². The third kappa shape index (κ3) is 5.50. The van der Waals surface area contributed by atoms with Crippen LogP contribution in [0, 0.1) is 18.2 Å². The van der Waals surface area contributed by atoms with Gasteiger partial charge in [0.2, 0.25) is 6.41 Å². The zero-order chi connectivity index (χ0) is 26.5. The molecule has 0 aliphatic carbocycles. The van der Waals surface area contributed by atoms with Crippen molar-refractivity contribution >= 4 is 34.5 Å². The van der Waals surface area contributed by atoms with E-state index < -0.39 is 11.6 Å². The zero-order valence-electron chi connectivity index (χ0n) is 20.9. The van der Waals surface area contributed by atoms with Gasteiger partial charge < -0.3 is 15.2 Å². The molecule has 7 nitrogen and oxygen atoms in total. The number of fused-ring (bicyclic) bond motifs is 1. The second-order valence-corrected chi connectivity index (χ2v) is 9.42. The molecule has 3 heterocycles. The highest BCUT2D eigenvalue weighted by Gasteiger charge is 2.21. The van der Waals surface area contributed by atoms with E-state index in [1.54, 1.807) is 12.3 Å². The number of carbonyl (C=O) groups is 1. The van der Waals surface area contributed by atoms with E-state index in [-0.39, 0.29) is 5.56 Å². The SMILES string of the molecule is [C-]#[N+]c1ccc2[nH]cc(CCCCN3CCN(c4ncc(-c5ccc(F)cc5F)cc4NC=O)CC3)c2c1. The minimum atomic E-state index is -0.678. The number of nitrogens with zero attached hydrogens (tertiary/aromatic N) is 4. The maximum atomic E-state index is 14.3. The fourth-order valence-corrected chi connectivity index (χ4v) is 5.03. The summed E-state index contributed by atoms with van der Waals surface area (Å²) in [7, 11) is 0. The van der Waals surface area contributed by atoms with Gasteiger partial charge in [0.05, 0.1) is 12.3 Å². The number of carbonyl (C=O) groups excluding carboxylic acids is 1. The van der Waals surface area contributed by atoms with Gasteiger partial charge >= 0.3 is 0 Å². The first-order valence-corrected chi connectivity index (χ1v) is 12.7. The van der Waals surface area contributed by atoms with Gasteiger partial charge in [-0.1, -0.05) is 6.07 Å². The van der Waals surface area contributed by atoms with Crippen LogP contribution >= 0.6 is 0 Å². The normalized spacial score (nSPS) is 14.0. The third-order valence-electron chi connectivity index (χ3n) is 7.05. The van der Waals surface area contributed by atoms with Crippen LogP contribution in [0.15, 0.2) is 54.9 Å². The third-order valence-corrected chi connectivity index (χ3v) is 7.05. The molecule has 1 amide bonds. The fourth-order valence-electron chi connectivity index (χ4n) is 5.03. The summed E-state index contributed by atoms with van der Waals surface area (Å²) in [5, 5.41) is 3.82. The van der Waals surface area contributed by atoms with Gasteiger partial charge in [-0.05, 0) is 67.1 Å². The Labute approximate surface area is 219 Å². The number of aryl methyl sites for hydroxylation is 1. The molecule has 1 aliphatic rings. The Kier molecular flexibility index (Phi) is 7.61. The fraction of sp³-hybridized carbons (Fsp3) is 0.276. The summed E-state index contributed by atoms with van der Waals surface area (Å²) in [6, 6.07) is 10.8. The van der Waals surface area contributed by atoms with Crippen molar-refractivity contribution in [3.05, 3.63) is 83.5 Å². The van der Waals surface area contributed by atoms with E-state index >= 15 is 0 Å². The summed E-state index contributed by atoms with van der Waals surface area (Å²) < 4.78 is 27.6. The van der Waals surface area contributed by atoms with E-state index in [0.717, 1.165) is 69.0 Å². The van der Waals surface area contributed by atoms with Crippen molar-refractivity contribution < 1.29 is 13.6 Å². The van der Waals surface area contributed by atoms with Gasteiger partial charge in [0.1, 0.15) is 11.6 Å². The van der Waals surface area contributed by atoms with Crippen LogP contribution in [0.5, 0.6) is 0 Å². The average molecular weight is 515 g/mol. The number of unbranched alkanes of at least 4 members (excludes halogenated alkanes) is 1. The standard InChI is InChI=1S/C29H28F2N6O/c1-32-23-6-8-27-25(16-23)20(17-33-27)4-2-3-9-36-10-12-37(13-11-36)29-28(35-19-38)14-21(18-34-29)24-7-5-22(30)15-26(24)31/h5-8,14-19,33H,2-4,9-13H2,(H,35,38). The van der Waals surface area contributed by atoms with Crippen LogP contribution < -0.4 is 10.2 Å². The molecule has 0 unspecified atom stereocenters. The first kappa shape index (κ1) is 25.4. The number of pyridine rings is 1. The summed E-state index contributed by atoms with van der Waals surface area (Å²) in [5.74, 6) is -0.683. The maximum Gasteiger partial charge on any atom is 0.211 e. The van der Waals surface area contributed by atoms with Crippen LogP contribution in [0.1, 0.15) is 18.4 Å². The number of aromatic amines is 1. The lowest BCUT2D eigenvalue weighted by Gasteiger charge is -2.36. The van der Waals surface area contributed by atoms with Crippen molar-refractivity contribution in [1.82, 2.24) is 14.9 Å². The number of amides is 1. The Hall–Kier alpha value is -4.29. The summed E-state index contributed by atoms with van der Waals surface area (Å²) in [6.07, 6.45) is 7.28. The van der Waals surface area contributed by atoms with Crippen molar-refractivity contribution in [2.45, 2.75) is 19.3 Å². The van der Waals surface area contributed by atoms with Crippen LogP contribution in [0.3, 0.4) is 0 Å². The van der Waals surface area contributed by atoms with Crippen molar-refractivity contribution in [2.75, 3.05) is 42.9 Å². The average Bonchev–Trinajstić information content (AvgIpc) is 3.34. The highest BCUT2D eigenvalue weighted by molar-refractivity contribution is 5.86. The Morgan fingerprint density at radius 1 is 1.08 bits per heavy atom. The summed E-state index contributed by atoms with van der Waals surface area (Å²) in [4.78, 5) is 27.2. The van der Waals surface area contributed by atoms with E-state index in [1.807, 2.05) is 24.4 Å². The number of H-pyrrole nitrogens is 1. The van der Waals surface area contributed by atoms with Gasteiger partial charge in [-0.3, -0.25) is 9.69 Å². The van der Waals surface area contributed by atoms with Crippen molar-refractivity contribution in [3.8, 4) is 11.1 Å². The van der Waals surface area contributed by atoms with E-state index in [9.17, 15) is 13.6 Å². The zero-order valence-corrected chi connectivity index (χ0v) is 20.9. The summed E-state index contributed by atoms with van der Waals surface area (Å²) in [5.41, 5.74) is 4.17. The molecule has 1 saturated heterocycles. The van der Waals surface area contributed by atoms with Gasteiger partial charge in [0.15, 0.2) is 11.5 Å². The smallest absolute Gasteiger partial charge is 0.211 e. The second kappa shape index (κ2) is 11.4. The van der Waals surface area contributed by atoms with Crippen molar-refractivity contribution in [2.24, 2.45) is 0 Å². The van der Waals surface area contributed by atoms with Gasteiger partial charge in [0.25, 0.3) is 0 Å². The first-order valence-electron chi connectivity index (χ1n) is 12.7. The lowest BCUT2D eigenvalue weighted by Crippen LogP contribution is -2.47. The molecule has 2 aromatic carbocycles. The number of anilines is 2. The predicted molar refractivity (Wildman–Crippen MR) is 145 cm³/mol. The van der Waals surface area contributed by atoms with Gasteiger partial charge in [-0.25, -0.2) is 18.6 Å². The van der Waals surface area contributed by atoms with E-state index in [2.05, 4.69) is 29.9 Å². The number of hydrogen-bond donors (Lipinski definition) is 2. The maximum absolute atomic E-state index is 14.3. The van der Waals surface area contributed by atoms with Crippen molar-refractivity contribution in [3.63, 3.8) is 0 Å². The van der Waals surface area contributed by atoms with Crippen LogP contribution in [0.25, 0.3) is 26.9 Å². The van der Waals surface area contributed by atoms with Crippen LogP contribution in [-0.4, -0.2) is 54.0 Å². The molecular weight excluding hydrogens is 486 g/mol. The van der Waals surface area contributed by atoms with E-state index in [4.69, 9.17) is 6.57 Å². The molecule has 5 rings (SSSR count). The molecular formula is C29H28F2N6O. The number of rotatable bonds is 9.